The number of nitrogens with one attached hydrogen (secondary N) is 1. The molecule has 2 aliphatic heterocycles. The van der Waals surface area contributed by atoms with Crippen LogP contribution < -0.4 is 15.1 Å². The van der Waals surface area contributed by atoms with E-state index in [0.29, 0.717) is 6.54 Å². The van der Waals surface area contributed by atoms with Gasteiger partial charge in [0.2, 0.25) is 11.8 Å². The summed E-state index contributed by atoms with van der Waals surface area (Å²) in [7, 11) is 0. The van der Waals surface area contributed by atoms with E-state index in [1.54, 1.807) is 4.90 Å². The van der Waals surface area contributed by atoms with Crippen LogP contribution in [0.3, 0.4) is 0 Å². The van der Waals surface area contributed by atoms with E-state index in [1.165, 1.54) is 5.56 Å². The summed E-state index contributed by atoms with van der Waals surface area (Å²) in [6, 6.07) is 15.9. The molecule has 0 aliphatic carbocycles. The van der Waals surface area contributed by atoms with Crippen molar-refractivity contribution in [2.24, 2.45) is 5.92 Å². The van der Waals surface area contributed by atoms with Gasteiger partial charge in [0.1, 0.15) is 0 Å². The minimum atomic E-state index is -0.340. The van der Waals surface area contributed by atoms with Gasteiger partial charge in [-0.1, -0.05) is 19.1 Å². The highest BCUT2D eigenvalue weighted by atomic mass is 16.5. The second kappa shape index (κ2) is 8.66. The van der Waals surface area contributed by atoms with Crippen LogP contribution >= 0.6 is 0 Å². The molecule has 0 aromatic heterocycles. The molecule has 1 atom stereocenters. The number of aryl methyl sites for hydroxylation is 1. The van der Waals surface area contributed by atoms with Crippen LogP contribution in [0.5, 0.6) is 0 Å². The van der Waals surface area contributed by atoms with Gasteiger partial charge in [-0.2, -0.15) is 0 Å². The van der Waals surface area contributed by atoms with E-state index in [-0.39, 0.29) is 24.2 Å². The Morgan fingerprint density at radius 3 is 2.34 bits per heavy atom. The molecule has 6 nitrogen and oxygen atoms in total. The van der Waals surface area contributed by atoms with Crippen LogP contribution in [0.4, 0.5) is 17.1 Å². The average molecular weight is 393 g/mol. The topological polar surface area (TPSA) is 61.9 Å². The Hall–Kier alpha value is -2.86. The summed E-state index contributed by atoms with van der Waals surface area (Å²) in [6.45, 7) is 5.76. The van der Waals surface area contributed by atoms with E-state index in [0.717, 1.165) is 49.8 Å². The van der Waals surface area contributed by atoms with Crippen molar-refractivity contribution in [1.29, 1.82) is 0 Å². The van der Waals surface area contributed by atoms with Crippen molar-refractivity contribution in [1.82, 2.24) is 0 Å². The van der Waals surface area contributed by atoms with Crippen LogP contribution in [0.1, 0.15) is 18.9 Å². The lowest BCUT2D eigenvalue weighted by molar-refractivity contribution is -0.122. The van der Waals surface area contributed by atoms with Crippen molar-refractivity contribution in [3.63, 3.8) is 0 Å². The maximum atomic E-state index is 12.7. The molecule has 152 valence electrons. The first kappa shape index (κ1) is 19.5. The van der Waals surface area contributed by atoms with Crippen molar-refractivity contribution < 1.29 is 14.3 Å². The molecule has 2 fully saturated rings. The number of hydrogen-bond acceptors (Lipinski definition) is 4. The van der Waals surface area contributed by atoms with E-state index in [4.69, 9.17) is 4.74 Å². The van der Waals surface area contributed by atoms with Crippen molar-refractivity contribution in [3.8, 4) is 0 Å². The third kappa shape index (κ3) is 4.43. The van der Waals surface area contributed by atoms with Crippen LogP contribution in [0.2, 0.25) is 0 Å². The maximum Gasteiger partial charge on any atom is 0.229 e. The molecule has 2 amide bonds. The van der Waals surface area contributed by atoms with Gasteiger partial charge < -0.3 is 19.9 Å². The largest absolute Gasteiger partial charge is 0.378 e. The molecule has 4 rings (SSSR count). The minimum absolute atomic E-state index is 0.00272. The van der Waals surface area contributed by atoms with Gasteiger partial charge in [0, 0.05) is 43.1 Å². The first-order chi connectivity index (χ1) is 14.1. The molecular weight excluding hydrogens is 366 g/mol. The predicted octanol–water partition coefficient (Wildman–Crippen LogP) is 3.08. The van der Waals surface area contributed by atoms with Crippen LogP contribution in [-0.2, 0) is 20.7 Å². The summed E-state index contributed by atoms with van der Waals surface area (Å²) < 4.78 is 5.39. The number of anilines is 3. The number of carbonyl (C=O) groups excluding carboxylic acids is 2. The summed E-state index contributed by atoms with van der Waals surface area (Å²) in [4.78, 5) is 29.1. The van der Waals surface area contributed by atoms with Crippen molar-refractivity contribution in [2.45, 2.75) is 19.8 Å². The fourth-order valence-corrected chi connectivity index (χ4v) is 3.87. The van der Waals surface area contributed by atoms with Gasteiger partial charge in [-0.15, -0.1) is 0 Å². The Labute approximate surface area is 171 Å². The second-order valence-electron chi connectivity index (χ2n) is 7.56. The van der Waals surface area contributed by atoms with E-state index < -0.39 is 0 Å². The zero-order valence-corrected chi connectivity index (χ0v) is 16.8. The van der Waals surface area contributed by atoms with Gasteiger partial charge >= 0.3 is 0 Å². The van der Waals surface area contributed by atoms with Gasteiger partial charge in [0.05, 0.1) is 19.1 Å². The van der Waals surface area contributed by atoms with E-state index in [2.05, 4.69) is 17.1 Å². The Morgan fingerprint density at radius 2 is 1.69 bits per heavy atom. The summed E-state index contributed by atoms with van der Waals surface area (Å²) in [6.07, 6.45) is 1.21. The molecule has 6 heteroatoms. The van der Waals surface area contributed by atoms with Crippen molar-refractivity contribution in [3.05, 3.63) is 54.1 Å². The molecule has 2 aromatic carbocycles. The fraction of sp³-hybridized carbons (Fsp3) is 0.391. The normalized spacial score (nSPS) is 19.5. The third-order valence-electron chi connectivity index (χ3n) is 5.66. The summed E-state index contributed by atoms with van der Waals surface area (Å²) >= 11 is 0. The van der Waals surface area contributed by atoms with Crippen LogP contribution in [0, 0.1) is 5.92 Å². The second-order valence-corrected chi connectivity index (χ2v) is 7.56. The number of benzene rings is 2. The zero-order chi connectivity index (χ0) is 20.2. The number of carbonyl (C=O) groups is 2. The van der Waals surface area contributed by atoms with Crippen molar-refractivity contribution in [2.75, 3.05) is 48.0 Å². The standard InChI is InChI=1S/C23H27N3O3/c1-2-17-3-7-21(8-4-17)26-16-18(15-22(26)27)23(28)24-19-5-9-20(10-6-19)25-11-13-29-14-12-25/h3-10,18H,2,11-16H2,1H3,(H,24,28)/t18-/m0/s1. The van der Waals surface area contributed by atoms with Crippen LogP contribution in [0.25, 0.3) is 0 Å². The number of amides is 2. The number of nitrogens with zero attached hydrogens (tertiary/aromatic N) is 2. The Morgan fingerprint density at radius 1 is 1.03 bits per heavy atom. The molecular formula is C23H27N3O3. The molecule has 2 aromatic rings. The first-order valence-electron chi connectivity index (χ1n) is 10.3. The summed E-state index contributed by atoms with van der Waals surface area (Å²) in [5.41, 5.74) is 3.97. The third-order valence-corrected chi connectivity index (χ3v) is 5.66. The lowest BCUT2D eigenvalue weighted by Crippen LogP contribution is -2.36. The van der Waals surface area contributed by atoms with Gasteiger partial charge in [-0.3, -0.25) is 9.59 Å². The molecule has 1 N–H and O–H groups in total. The molecule has 0 radical (unpaired) electrons. The fourth-order valence-electron chi connectivity index (χ4n) is 3.87. The Kier molecular flexibility index (Phi) is 5.81. The van der Waals surface area contributed by atoms with E-state index in [1.807, 2.05) is 48.5 Å². The molecule has 0 bridgehead atoms. The molecule has 29 heavy (non-hydrogen) atoms. The highest BCUT2D eigenvalue weighted by Crippen LogP contribution is 2.27. The zero-order valence-electron chi connectivity index (χ0n) is 16.8. The molecule has 2 aliphatic rings. The molecule has 2 heterocycles. The smallest absolute Gasteiger partial charge is 0.229 e. The maximum absolute atomic E-state index is 12.7. The van der Waals surface area contributed by atoms with Crippen molar-refractivity contribution >= 4 is 28.9 Å². The van der Waals surface area contributed by atoms with Gasteiger partial charge in [0.25, 0.3) is 0 Å². The van der Waals surface area contributed by atoms with E-state index in [9.17, 15) is 9.59 Å². The van der Waals surface area contributed by atoms with Gasteiger partial charge in [-0.05, 0) is 48.4 Å². The van der Waals surface area contributed by atoms with Gasteiger partial charge in [-0.25, -0.2) is 0 Å². The van der Waals surface area contributed by atoms with Gasteiger partial charge in [0.15, 0.2) is 0 Å². The van der Waals surface area contributed by atoms with E-state index >= 15 is 0 Å². The minimum Gasteiger partial charge on any atom is -0.378 e. The lowest BCUT2D eigenvalue weighted by atomic mass is 10.1. The number of rotatable bonds is 5. The molecule has 0 spiro atoms. The average Bonchev–Trinajstić information content (AvgIpc) is 3.17. The van der Waals surface area contributed by atoms with Crippen LogP contribution in [0.15, 0.2) is 48.5 Å². The highest BCUT2D eigenvalue weighted by molar-refractivity contribution is 6.03. The SMILES string of the molecule is CCc1ccc(N2C[C@@H](C(=O)Nc3ccc(N4CCOCC4)cc3)CC2=O)cc1. The molecule has 2 saturated heterocycles. The summed E-state index contributed by atoms with van der Waals surface area (Å²) in [5.74, 6) is -0.450. The summed E-state index contributed by atoms with van der Waals surface area (Å²) in [5, 5.41) is 2.96. The highest BCUT2D eigenvalue weighted by Gasteiger charge is 2.35. The number of hydrogen-bond donors (Lipinski definition) is 1. The molecule has 0 saturated carbocycles. The monoisotopic (exact) mass is 393 g/mol. The molecule has 0 unspecified atom stereocenters. The number of morpholine rings is 1. The lowest BCUT2D eigenvalue weighted by Gasteiger charge is -2.28. The Bertz CT molecular complexity index is 858. The number of ether oxygens (including phenoxy) is 1. The quantitative estimate of drug-likeness (QED) is 0.848. The predicted molar refractivity (Wildman–Crippen MR) is 114 cm³/mol. The first-order valence-corrected chi connectivity index (χ1v) is 10.3. The Balaban J connectivity index is 1.36. The van der Waals surface area contributed by atoms with Crippen LogP contribution in [-0.4, -0.2) is 44.7 Å².